The van der Waals surface area contributed by atoms with Crippen LogP contribution in [0.25, 0.3) is 6.08 Å². The summed E-state index contributed by atoms with van der Waals surface area (Å²) in [6, 6.07) is 3.10. The van der Waals surface area contributed by atoms with Crippen molar-refractivity contribution in [2.75, 3.05) is 0 Å². The summed E-state index contributed by atoms with van der Waals surface area (Å²) in [5.74, 6) is -1.51. The Bertz CT molecular complexity index is 452. The van der Waals surface area contributed by atoms with Gasteiger partial charge in [-0.2, -0.15) is 0 Å². The van der Waals surface area contributed by atoms with Crippen molar-refractivity contribution in [3.63, 3.8) is 0 Å². The Labute approximate surface area is 152 Å². The first-order valence-electron chi connectivity index (χ1n) is 3.70. The second kappa shape index (κ2) is 8.90. The number of carboxylic acids is 1. The van der Waals surface area contributed by atoms with Crippen molar-refractivity contribution < 1.29 is 59.8 Å². The van der Waals surface area contributed by atoms with Crippen LogP contribution < -0.4 is 5.11 Å². The molecule has 1 aromatic rings. The summed E-state index contributed by atoms with van der Waals surface area (Å²) in [4.78, 5) is 10.2. The van der Waals surface area contributed by atoms with Gasteiger partial charge in [0, 0.05) is 8.95 Å². The van der Waals surface area contributed by atoms with Gasteiger partial charge in [-0.15, -0.1) is 0 Å². The van der Waals surface area contributed by atoms with Gasteiger partial charge in [0.2, 0.25) is 0 Å². The molecule has 1 rings (SSSR count). The van der Waals surface area contributed by atoms with E-state index in [1.165, 1.54) is 6.07 Å². The third-order valence-electron chi connectivity index (χ3n) is 1.53. The van der Waals surface area contributed by atoms with E-state index in [-0.39, 0.29) is 61.0 Å². The number of carbonyl (C=O) groups is 1. The molecule has 0 spiro atoms. The first kappa shape index (κ1) is 20.2. The summed E-state index contributed by atoms with van der Waals surface area (Å²) in [7, 11) is 0. The van der Waals surface area contributed by atoms with E-state index in [0.717, 1.165) is 6.08 Å². The zero-order valence-electron chi connectivity index (χ0n) is 7.76. The predicted molar refractivity (Wildman–Crippen MR) is 64.3 cm³/mol. The van der Waals surface area contributed by atoms with Crippen LogP contribution in [-0.4, -0.2) is 11.1 Å². The van der Waals surface area contributed by atoms with Crippen LogP contribution in [0.2, 0.25) is 0 Å². The zero-order valence-corrected chi connectivity index (χ0v) is 14.7. The SMILES string of the molecule is O=C(O)/C([S-])=C/c1cc(Br)cc(Br)c1[O-].[Ag+].[Ag+]. The standard InChI is InChI=1S/C9H6Br2O3S.2Ag/c10-5-1-4(2-7(15)9(13)14)8(12)6(11)3-5;;/h1-3,12,15H,(H,13,14);;/q;2*+1/p-2/b7-2-;;. The Balaban J connectivity index is 0. The number of halogens is 2. The monoisotopic (exact) mass is 564 g/mol. The summed E-state index contributed by atoms with van der Waals surface area (Å²) in [6.07, 6.45) is 1.16. The molecule has 0 atom stereocenters. The van der Waals surface area contributed by atoms with Gasteiger partial charge in [0.1, 0.15) is 0 Å². The van der Waals surface area contributed by atoms with Gasteiger partial charge in [-0.25, -0.2) is 4.79 Å². The van der Waals surface area contributed by atoms with E-state index in [1.54, 1.807) is 6.07 Å². The van der Waals surface area contributed by atoms with Crippen molar-refractivity contribution >= 4 is 56.5 Å². The first-order chi connectivity index (χ1) is 6.91. The maximum Gasteiger partial charge on any atom is 1.00 e. The van der Waals surface area contributed by atoms with Crippen LogP contribution in [0.4, 0.5) is 0 Å². The number of aliphatic carboxylic acids is 1. The van der Waals surface area contributed by atoms with Crippen LogP contribution in [0.15, 0.2) is 26.0 Å². The van der Waals surface area contributed by atoms with Crippen LogP contribution in [-0.2, 0) is 62.2 Å². The smallest absolute Gasteiger partial charge is 0.871 e. The Kier molecular flexibility index (Phi) is 10.6. The number of hydrogen-bond donors (Lipinski definition) is 1. The van der Waals surface area contributed by atoms with Gasteiger partial charge in [0.15, 0.2) is 0 Å². The van der Waals surface area contributed by atoms with Crippen LogP contribution in [0.3, 0.4) is 0 Å². The average molecular weight is 568 g/mol. The van der Waals surface area contributed by atoms with Crippen molar-refractivity contribution in [2.24, 2.45) is 0 Å². The second-order valence-corrected chi connectivity index (χ2v) is 4.83. The minimum Gasteiger partial charge on any atom is -0.871 e. The molecule has 0 radical (unpaired) electrons. The van der Waals surface area contributed by atoms with Crippen molar-refractivity contribution in [3.05, 3.63) is 31.5 Å². The quantitative estimate of drug-likeness (QED) is 0.339. The first-order valence-corrected chi connectivity index (χ1v) is 5.69. The minimum atomic E-state index is -1.22. The molecule has 0 aliphatic carbocycles. The molecule has 0 amide bonds. The van der Waals surface area contributed by atoms with Gasteiger partial charge in [-0.05, 0) is 17.7 Å². The third-order valence-corrected chi connectivity index (χ3v) is 2.87. The molecule has 0 heterocycles. The molecule has 0 aliphatic rings. The van der Waals surface area contributed by atoms with Gasteiger partial charge in [-0.1, -0.05) is 48.6 Å². The molecule has 3 nitrogen and oxygen atoms in total. The van der Waals surface area contributed by atoms with Crippen molar-refractivity contribution in [1.29, 1.82) is 0 Å². The van der Waals surface area contributed by atoms with Crippen LogP contribution >= 0.6 is 31.9 Å². The van der Waals surface area contributed by atoms with Crippen molar-refractivity contribution in [1.82, 2.24) is 0 Å². The number of hydrogen-bond acceptors (Lipinski definition) is 3. The molecule has 0 unspecified atom stereocenters. The van der Waals surface area contributed by atoms with Crippen molar-refractivity contribution in [3.8, 4) is 5.75 Å². The Morgan fingerprint density at radius 2 is 1.88 bits per heavy atom. The molecule has 0 fully saturated rings. The van der Waals surface area contributed by atoms with E-state index in [9.17, 15) is 9.90 Å². The van der Waals surface area contributed by atoms with E-state index in [4.69, 9.17) is 5.11 Å². The topological polar surface area (TPSA) is 60.4 Å². The fraction of sp³-hybridized carbons (Fsp3) is 0. The van der Waals surface area contributed by atoms with Gasteiger partial charge >= 0.3 is 50.7 Å². The van der Waals surface area contributed by atoms with Gasteiger partial charge in [0.05, 0.1) is 0 Å². The Hall–Kier alpha value is 0.891. The molecule has 0 saturated heterocycles. The Morgan fingerprint density at radius 3 is 2.35 bits per heavy atom. The molecule has 0 bridgehead atoms. The maximum absolute atomic E-state index is 11.5. The second-order valence-electron chi connectivity index (χ2n) is 2.62. The van der Waals surface area contributed by atoms with Crippen LogP contribution in [0.5, 0.6) is 5.75 Å². The molecule has 0 aromatic heterocycles. The zero-order chi connectivity index (χ0) is 11.6. The fourth-order valence-electron chi connectivity index (χ4n) is 0.890. The fourth-order valence-corrected chi connectivity index (χ4v) is 2.28. The summed E-state index contributed by atoms with van der Waals surface area (Å²) >= 11 is 10.8. The summed E-state index contributed by atoms with van der Waals surface area (Å²) < 4.78 is 1.03. The predicted octanol–water partition coefficient (Wildman–Crippen LogP) is 2.25. The molecule has 8 heteroatoms. The van der Waals surface area contributed by atoms with E-state index in [0.29, 0.717) is 8.95 Å². The molecule has 0 aliphatic heterocycles. The number of rotatable bonds is 2. The van der Waals surface area contributed by atoms with Crippen LogP contribution in [0, 0.1) is 0 Å². The molecule has 1 aromatic carbocycles. The minimum absolute atomic E-state index is 0. The number of carboxylic acid groups (broad SMARTS) is 1. The molecule has 17 heavy (non-hydrogen) atoms. The van der Waals surface area contributed by atoms with Crippen LogP contribution in [0.1, 0.15) is 5.56 Å². The summed E-state index contributed by atoms with van der Waals surface area (Å²) in [6.45, 7) is 0. The maximum atomic E-state index is 11.5. The molecular formula is C9H4Ag2Br2O3S. The third kappa shape index (κ3) is 6.04. The Morgan fingerprint density at radius 1 is 1.35 bits per heavy atom. The van der Waals surface area contributed by atoms with E-state index in [2.05, 4.69) is 44.5 Å². The normalized spacial score (nSPS) is 10.1. The largest absolute Gasteiger partial charge is 1.00 e. The molecular weight excluding hydrogens is 564 g/mol. The van der Waals surface area contributed by atoms with Gasteiger partial charge < -0.3 is 22.8 Å². The molecule has 0 saturated carbocycles. The van der Waals surface area contributed by atoms with Gasteiger partial charge in [-0.3, -0.25) is 0 Å². The van der Waals surface area contributed by atoms with E-state index < -0.39 is 5.97 Å². The van der Waals surface area contributed by atoms with Crippen molar-refractivity contribution in [2.45, 2.75) is 0 Å². The number of benzene rings is 1. The molecule has 1 N–H and O–H groups in total. The van der Waals surface area contributed by atoms with E-state index >= 15 is 0 Å². The summed E-state index contributed by atoms with van der Waals surface area (Å²) in [5.41, 5.74) is 0.239. The van der Waals surface area contributed by atoms with Gasteiger partial charge in [0.25, 0.3) is 0 Å². The average Bonchev–Trinajstić information content (AvgIpc) is 2.13. The summed E-state index contributed by atoms with van der Waals surface area (Å²) in [5, 5.41) is 20.1. The van der Waals surface area contributed by atoms with E-state index in [1.807, 2.05) is 0 Å². The molecule has 100 valence electrons.